The smallest absolute Gasteiger partial charge is 0.321 e. The highest BCUT2D eigenvalue weighted by Gasteiger charge is 2.32. The summed E-state index contributed by atoms with van der Waals surface area (Å²) < 4.78 is 5.35. The van der Waals surface area contributed by atoms with E-state index in [0.717, 1.165) is 49.7 Å². The van der Waals surface area contributed by atoms with Crippen molar-refractivity contribution in [1.29, 1.82) is 0 Å². The van der Waals surface area contributed by atoms with E-state index in [2.05, 4.69) is 20.5 Å². The highest BCUT2D eigenvalue weighted by molar-refractivity contribution is 7.13. The molecule has 0 radical (unpaired) electrons. The van der Waals surface area contributed by atoms with E-state index in [0.29, 0.717) is 11.6 Å². The zero-order valence-corrected chi connectivity index (χ0v) is 15.2. The van der Waals surface area contributed by atoms with E-state index in [1.165, 1.54) is 11.3 Å². The van der Waals surface area contributed by atoms with Gasteiger partial charge in [-0.2, -0.15) is 0 Å². The molecule has 1 aliphatic carbocycles. The van der Waals surface area contributed by atoms with Crippen LogP contribution in [0.4, 0.5) is 9.93 Å². The maximum atomic E-state index is 12.3. The van der Waals surface area contributed by atoms with Crippen molar-refractivity contribution in [2.45, 2.75) is 25.1 Å². The molecule has 0 saturated carbocycles. The molecule has 1 aliphatic heterocycles. The summed E-state index contributed by atoms with van der Waals surface area (Å²) in [6.07, 6.45) is -0.0476. The molecule has 1 aromatic carbocycles. The Morgan fingerprint density at radius 2 is 2.15 bits per heavy atom. The van der Waals surface area contributed by atoms with Gasteiger partial charge in [-0.05, 0) is 11.1 Å². The molecule has 4 rings (SSSR count). The highest BCUT2D eigenvalue weighted by atomic mass is 32.1. The van der Waals surface area contributed by atoms with Crippen molar-refractivity contribution in [3.05, 3.63) is 46.5 Å². The van der Waals surface area contributed by atoms with Crippen LogP contribution in [0.5, 0.6) is 0 Å². The first-order valence-corrected chi connectivity index (χ1v) is 9.65. The summed E-state index contributed by atoms with van der Waals surface area (Å²) in [4.78, 5) is 19.1. The first kappa shape index (κ1) is 17.4. The molecule has 0 spiro atoms. The Hall–Kier alpha value is -2.00. The number of amides is 2. The van der Waals surface area contributed by atoms with Crippen LogP contribution in [0.3, 0.4) is 0 Å². The Kier molecular flexibility index (Phi) is 5.16. The van der Waals surface area contributed by atoms with Gasteiger partial charge in [0.25, 0.3) is 0 Å². The summed E-state index contributed by atoms with van der Waals surface area (Å²) in [7, 11) is 0. The lowest BCUT2D eigenvalue weighted by atomic mass is 10.1. The number of morpholine rings is 1. The van der Waals surface area contributed by atoms with E-state index in [4.69, 9.17) is 4.74 Å². The van der Waals surface area contributed by atoms with Crippen molar-refractivity contribution in [3.63, 3.8) is 0 Å². The lowest BCUT2D eigenvalue weighted by Crippen LogP contribution is -2.37. The molecule has 2 amide bonds. The van der Waals surface area contributed by atoms with Gasteiger partial charge in [0.1, 0.15) is 0 Å². The molecule has 8 heteroatoms. The maximum absolute atomic E-state index is 12.3. The zero-order chi connectivity index (χ0) is 17.9. The van der Waals surface area contributed by atoms with Crippen molar-refractivity contribution < 1.29 is 14.6 Å². The molecule has 0 bridgehead atoms. The predicted molar refractivity (Wildman–Crippen MR) is 99.3 cm³/mol. The Balaban J connectivity index is 1.34. The second kappa shape index (κ2) is 7.71. The van der Waals surface area contributed by atoms with Gasteiger partial charge in [0.15, 0.2) is 5.13 Å². The molecular weight excluding hydrogens is 352 g/mol. The van der Waals surface area contributed by atoms with Gasteiger partial charge in [-0.1, -0.05) is 24.3 Å². The number of aliphatic hydroxyl groups is 1. The third-order valence-corrected chi connectivity index (χ3v) is 5.56. The van der Waals surface area contributed by atoms with E-state index >= 15 is 0 Å². The number of hydrogen-bond acceptors (Lipinski definition) is 6. The van der Waals surface area contributed by atoms with Crippen LogP contribution in [0.15, 0.2) is 29.6 Å². The SMILES string of the molecule is O=C(Nc1nc(CN2CCOCC2)cs1)N[C@H]1c2ccccc2C[C@H]1O. The minimum Gasteiger partial charge on any atom is -0.390 e. The summed E-state index contributed by atoms with van der Waals surface area (Å²) in [6.45, 7) is 4.07. The van der Waals surface area contributed by atoms with Crippen LogP contribution in [-0.4, -0.2) is 53.4 Å². The number of nitrogens with one attached hydrogen (secondary N) is 2. The van der Waals surface area contributed by atoms with Gasteiger partial charge in [0, 0.05) is 31.4 Å². The lowest BCUT2D eigenvalue weighted by Gasteiger charge is -2.25. The average Bonchev–Trinajstić information content (AvgIpc) is 3.20. The molecule has 2 atom stereocenters. The zero-order valence-electron chi connectivity index (χ0n) is 14.4. The number of carbonyl (C=O) groups is 1. The third kappa shape index (κ3) is 3.88. The number of carbonyl (C=O) groups excluding carboxylic acids is 1. The summed E-state index contributed by atoms with van der Waals surface area (Å²) in [5, 5.41) is 18.4. The molecule has 2 heterocycles. The van der Waals surface area contributed by atoms with Gasteiger partial charge < -0.3 is 15.2 Å². The molecule has 0 unspecified atom stereocenters. The Morgan fingerprint density at radius 1 is 1.35 bits per heavy atom. The van der Waals surface area contributed by atoms with Crippen LogP contribution in [0.2, 0.25) is 0 Å². The first-order chi connectivity index (χ1) is 12.7. The quantitative estimate of drug-likeness (QED) is 0.759. The molecule has 3 N–H and O–H groups in total. The van der Waals surface area contributed by atoms with Crippen LogP contribution in [-0.2, 0) is 17.7 Å². The highest BCUT2D eigenvalue weighted by Crippen LogP contribution is 2.31. The number of anilines is 1. The standard InChI is InChI=1S/C18H22N4O3S/c23-15-9-12-3-1-2-4-14(12)16(15)20-17(24)21-18-19-13(11-26-18)10-22-5-7-25-8-6-22/h1-4,11,15-16,23H,5-10H2,(H2,19,20,21,24)/t15-,16+/m1/s1. The summed E-state index contributed by atoms with van der Waals surface area (Å²) in [5.41, 5.74) is 2.99. The van der Waals surface area contributed by atoms with Gasteiger partial charge in [-0.25, -0.2) is 9.78 Å². The molecule has 138 valence electrons. The van der Waals surface area contributed by atoms with Gasteiger partial charge in [-0.3, -0.25) is 10.2 Å². The normalized spacial score (nSPS) is 22.8. The van der Waals surface area contributed by atoms with E-state index in [-0.39, 0.29) is 12.1 Å². The molecule has 1 aromatic heterocycles. The third-order valence-electron chi connectivity index (χ3n) is 4.75. The van der Waals surface area contributed by atoms with Crippen molar-refractivity contribution in [1.82, 2.24) is 15.2 Å². The second-order valence-corrected chi connectivity index (χ2v) is 7.44. The average molecular weight is 374 g/mol. The predicted octanol–water partition coefficient (Wildman–Crippen LogP) is 1.76. The summed E-state index contributed by atoms with van der Waals surface area (Å²) >= 11 is 1.41. The van der Waals surface area contributed by atoms with Gasteiger partial charge >= 0.3 is 6.03 Å². The van der Waals surface area contributed by atoms with Crippen molar-refractivity contribution >= 4 is 22.5 Å². The first-order valence-electron chi connectivity index (χ1n) is 8.77. The van der Waals surface area contributed by atoms with Crippen LogP contribution >= 0.6 is 11.3 Å². The van der Waals surface area contributed by atoms with Gasteiger partial charge in [0.05, 0.1) is 31.1 Å². The molecule has 1 fully saturated rings. The largest absolute Gasteiger partial charge is 0.390 e. The molecule has 7 nitrogen and oxygen atoms in total. The number of urea groups is 1. The number of aromatic nitrogens is 1. The minimum atomic E-state index is -0.605. The maximum Gasteiger partial charge on any atom is 0.321 e. The number of hydrogen-bond donors (Lipinski definition) is 3. The number of benzene rings is 1. The topological polar surface area (TPSA) is 86.7 Å². The summed E-state index contributed by atoms with van der Waals surface area (Å²) in [5.74, 6) is 0. The van der Waals surface area contributed by atoms with Crippen molar-refractivity contribution in [2.24, 2.45) is 0 Å². The second-order valence-electron chi connectivity index (χ2n) is 6.58. The minimum absolute atomic E-state index is 0.349. The fraction of sp³-hybridized carbons (Fsp3) is 0.444. The van der Waals surface area contributed by atoms with Crippen LogP contribution in [0, 0.1) is 0 Å². The molecular formula is C18H22N4O3S. The number of nitrogens with zero attached hydrogens (tertiary/aromatic N) is 2. The lowest BCUT2D eigenvalue weighted by molar-refractivity contribution is 0.0337. The van der Waals surface area contributed by atoms with Gasteiger partial charge in [-0.15, -0.1) is 11.3 Å². The van der Waals surface area contributed by atoms with Crippen molar-refractivity contribution in [2.75, 3.05) is 31.6 Å². The fourth-order valence-electron chi connectivity index (χ4n) is 3.45. The van der Waals surface area contributed by atoms with E-state index in [9.17, 15) is 9.90 Å². The number of fused-ring (bicyclic) bond motifs is 1. The molecule has 26 heavy (non-hydrogen) atoms. The van der Waals surface area contributed by atoms with E-state index < -0.39 is 6.10 Å². The van der Waals surface area contributed by atoms with Crippen LogP contribution in [0.1, 0.15) is 22.9 Å². The monoisotopic (exact) mass is 374 g/mol. The number of ether oxygens (including phenoxy) is 1. The van der Waals surface area contributed by atoms with Crippen LogP contribution in [0.25, 0.3) is 0 Å². The Bertz CT molecular complexity index is 775. The summed E-state index contributed by atoms with van der Waals surface area (Å²) in [6, 6.07) is 7.05. The number of rotatable bonds is 4. The Labute approximate surface area is 156 Å². The fourth-order valence-corrected chi connectivity index (χ4v) is 4.14. The van der Waals surface area contributed by atoms with Crippen molar-refractivity contribution in [3.8, 4) is 0 Å². The molecule has 2 aliphatic rings. The Morgan fingerprint density at radius 3 is 3.00 bits per heavy atom. The number of thiazole rings is 1. The van der Waals surface area contributed by atoms with E-state index in [1.807, 2.05) is 29.6 Å². The molecule has 2 aromatic rings. The number of aliphatic hydroxyl groups excluding tert-OH is 1. The molecule has 1 saturated heterocycles. The van der Waals surface area contributed by atoms with E-state index in [1.54, 1.807) is 0 Å². The van der Waals surface area contributed by atoms with Crippen LogP contribution < -0.4 is 10.6 Å². The van der Waals surface area contributed by atoms with Gasteiger partial charge in [0.2, 0.25) is 0 Å².